The molecule has 1 aliphatic rings. The van der Waals surface area contributed by atoms with E-state index < -0.39 is 0 Å². The molecule has 19 heavy (non-hydrogen) atoms. The Labute approximate surface area is 117 Å². The molecule has 0 radical (unpaired) electrons. The fourth-order valence-electron chi connectivity index (χ4n) is 2.53. The van der Waals surface area contributed by atoms with Crippen molar-refractivity contribution in [2.24, 2.45) is 0 Å². The van der Waals surface area contributed by atoms with Gasteiger partial charge in [0.2, 0.25) is 0 Å². The van der Waals surface area contributed by atoms with Gasteiger partial charge in [0.25, 0.3) is 0 Å². The van der Waals surface area contributed by atoms with Gasteiger partial charge in [0.1, 0.15) is 0 Å². The number of hydrogen-bond acceptors (Lipinski definition) is 2. The first-order chi connectivity index (χ1) is 9.25. The smallest absolute Gasteiger partial charge is 0.0239 e. The molecule has 0 fully saturated rings. The van der Waals surface area contributed by atoms with E-state index in [1.54, 1.807) is 0 Å². The SMILES string of the molecule is CC(C)NCCc1ccccc1CN1CC=CCC1. The van der Waals surface area contributed by atoms with Crippen LogP contribution in [0.3, 0.4) is 0 Å². The van der Waals surface area contributed by atoms with E-state index in [4.69, 9.17) is 0 Å². The molecule has 0 saturated heterocycles. The fourth-order valence-corrected chi connectivity index (χ4v) is 2.53. The summed E-state index contributed by atoms with van der Waals surface area (Å²) >= 11 is 0. The van der Waals surface area contributed by atoms with Crippen LogP contribution in [-0.2, 0) is 13.0 Å². The maximum atomic E-state index is 3.50. The van der Waals surface area contributed by atoms with Gasteiger partial charge in [0.05, 0.1) is 0 Å². The summed E-state index contributed by atoms with van der Waals surface area (Å²) < 4.78 is 0. The summed E-state index contributed by atoms with van der Waals surface area (Å²) in [5, 5.41) is 3.50. The van der Waals surface area contributed by atoms with Crippen molar-refractivity contribution >= 4 is 0 Å². The van der Waals surface area contributed by atoms with Crippen LogP contribution in [0.2, 0.25) is 0 Å². The van der Waals surface area contributed by atoms with Crippen molar-refractivity contribution in [2.45, 2.75) is 39.3 Å². The number of rotatable bonds is 6. The van der Waals surface area contributed by atoms with Gasteiger partial charge in [-0.1, -0.05) is 50.3 Å². The van der Waals surface area contributed by atoms with Gasteiger partial charge in [0.15, 0.2) is 0 Å². The van der Waals surface area contributed by atoms with Crippen molar-refractivity contribution in [3.63, 3.8) is 0 Å². The lowest BCUT2D eigenvalue weighted by Gasteiger charge is -2.24. The molecule has 0 spiro atoms. The van der Waals surface area contributed by atoms with Crippen molar-refractivity contribution in [1.82, 2.24) is 10.2 Å². The molecular weight excluding hydrogens is 232 g/mol. The molecule has 0 saturated carbocycles. The van der Waals surface area contributed by atoms with Crippen LogP contribution in [0, 0.1) is 0 Å². The molecule has 0 atom stereocenters. The summed E-state index contributed by atoms with van der Waals surface area (Å²) in [6, 6.07) is 9.44. The summed E-state index contributed by atoms with van der Waals surface area (Å²) in [7, 11) is 0. The summed E-state index contributed by atoms with van der Waals surface area (Å²) in [6.07, 6.45) is 6.89. The Kier molecular flexibility index (Phi) is 5.62. The molecule has 1 heterocycles. The molecule has 2 rings (SSSR count). The minimum atomic E-state index is 0.569. The number of benzene rings is 1. The zero-order valence-corrected chi connectivity index (χ0v) is 12.2. The summed E-state index contributed by atoms with van der Waals surface area (Å²) in [6.45, 7) is 8.84. The predicted octanol–water partition coefficient (Wildman–Crippen LogP) is 2.99. The molecule has 1 aromatic carbocycles. The number of hydrogen-bond donors (Lipinski definition) is 1. The highest BCUT2D eigenvalue weighted by Gasteiger charge is 2.09. The fraction of sp³-hybridized carbons (Fsp3) is 0.529. The first kappa shape index (κ1) is 14.3. The van der Waals surface area contributed by atoms with Crippen molar-refractivity contribution in [3.05, 3.63) is 47.5 Å². The zero-order chi connectivity index (χ0) is 13.5. The molecule has 0 aliphatic carbocycles. The second-order valence-electron chi connectivity index (χ2n) is 5.62. The Morgan fingerprint density at radius 3 is 2.63 bits per heavy atom. The van der Waals surface area contributed by atoms with E-state index >= 15 is 0 Å². The Morgan fingerprint density at radius 1 is 1.16 bits per heavy atom. The number of nitrogens with zero attached hydrogens (tertiary/aromatic N) is 1. The highest BCUT2D eigenvalue weighted by atomic mass is 15.1. The van der Waals surface area contributed by atoms with Gasteiger partial charge < -0.3 is 5.32 Å². The van der Waals surface area contributed by atoms with Crippen LogP contribution in [-0.4, -0.2) is 30.6 Å². The zero-order valence-electron chi connectivity index (χ0n) is 12.2. The maximum Gasteiger partial charge on any atom is 0.0239 e. The molecule has 1 N–H and O–H groups in total. The third-order valence-corrected chi connectivity index (χ3v) is 3.60. The van der Waals surface area contributed by atoms with Crippen LogP contribution in [0.15, 0.2) is 36.4 Å². The van der Waals surface area contributed by atoms with Crippen LogP contribution in [0.4, 0.5) is 0 Å². The first-order valence-electron chi connectivity index (χ1n) is 7.43. The minimum Gasteiger partial charge on any atom is -0.314 e. The van der Waals surface area contributed by atoms with Crippen LogP contribution < -0.4 is 5.32 Å². The Hall–Kier alpha value is -1.12. The van der Waals surface area contributed by atoms with Crippen LogP contribution >= 0.6 is 0 Å². The van der Waals surface area contributed by atoms with Gasteiger partial charge >= 0.3 is 0 Å². The van der Waals surface area contributed by atoms with Crippen LogP contribution in [0.25, 0.3) is 0 Å². The van der Waals surface area contributed by atoms with Crippen molar-refractivity contribution < 1.29 is 0 Å². The molecule has 2 nitrogen and oxygen atoms in total. The quantitative estimate of drug-likeness (QED) is 0.789. The van der Waals surface area contributed by atoms with E-state index in [0.717, 1.165) is 26.1 Å². The standard InChI is InChI=1S/C17H26N2/c1-15(2)18-11-10-16-8-4-5-9-17(16)14-19-12-6-3-7-13-19/h3-6,8-9,15,18H,7,10-14H2,1-2H3. The monoisotopic (exact) mass is 258 g/mol. The molecule has 2 heteroatoms. The highest BCUT2D eigenvalue weighted by molar-refractivity contribution is 5.27. The third-order valence-electron chi connectivity index (χ3n) is 3.60. The second kappa shape index (κ2) is 7.46. The van der Waals surface area contributed by atoms with Crippen molar-refractivity contribution in [2.75, 3.05) is 19.6 Å². The number of nitrogens with one attached hydrogen (secondary N) is 1. The molecule has 0 bridgehead atoms. The molecule has 0 unspecified atom stereocenters. The van der Waals surface area contributed by atoms with Crippen molar-refractivity contribution in [3.8, 4) is 0 Å². The van der Waals surface area contributed by atoms with E-state index in [0.29, 0.717) is 6.04 Å². The Balaban J connectivity index is 1.93. The minimum absolute atomic E-state index is 0.569. The average molecular weight is 258 g/mol. The average Bonchev–Trinajstić information content (AvgIpc) is 2.41. The summed E-state index contributed by atoms with van der Waals surface area (Å²) in [5.74, 6) is 0. The van der Waals surface area contributed by atoms with Gasteiger partial charge in [-0.05, 0) is 30.5 Å². The van der Waals surface area contributed by atoms with Crippen LogP contribution in [0.5, 0.6) is 0 Å². The van der Waals surface area contributed by atoms with Gasteiger partial charge in [-0.25, -0.2) is 0 Å². The lowest BCUT2D eigenvalue weighted by molar-refractivity contribution is 0.290. The lowest BCUT2D eigenvalue weighted by atomic mass is 10.0. The largest absolute Gasteiger partial charge is 0.314 e. The van der Waals surface area contributed by atoms with E-state index in [9.17, 15) is 0 Å². The van der Waals surface area contributed by atoms with E-state index in [1.165, 1.54) is 24.1 Å². The van der Waals surface area contributed by atoms with E-state index in [2.05, 4.69) is 60.5 Å². The van der Waals surface area contributed by atoms with E-state index in [-0.39, 0.29) is 0 Å². The van der Waals surface area contributed by atoms with Gasteiger partial charge in [-0.15, -0.1) is 0 Å². The van der Waals surface area contributed by atoms with Gasteiger partial charge in [-0.2, -0.15) is 0 Å². The first-order valence-corrected chi connectivity index (χ1v) is 7.43. The third kappa shape index (κ3) is 4.81. The molecule has 1 aliphatic heterocycles. The second-order valence-corrected chi connectivity index (χ2v) is 5.62. The molecule has 0 amide bonds. The Bertz CT molecular complexity index is 409. The highest BCUT2D eigenvalue weighted by Crippen LogP contribution is 2.14. The summed E-state index contributed by atoms with van der Waals surface area (Å²) in [5.41, 5.74) is 2.98. The topological polar surface area (TPSA) is 15.3 Å². The van der Waals surface area contributed by atoms with Crippen LogP contribution in [0.1, 0.15) is 31.4 Å². The van der Waals surface area contributed by atoms with Gasteiger partial charge in [-0.3, -0.25) is 4.90 Å². The Morgan fingerprint density at radius 2 is 1.95 bits per heavy atom. The molecule has 104 valence electrons. The lowest BCUT2D eigenvalue weighted by Crippen LogP contribution is -2.28. The maximum absolute atomic E-state index is 3.50. The predicted molar refractivity (Wildman–Crippen MR) is 82.3 cm³/mol. The molecule has 1 aromatic rings. The van der Waals surface area contributed by atoms with E-state index in [1.807, 2.05) is 0 Å². The molecule has 0 aromatic heterocycles. The van der Waals surface area contributed by atoms with Gasteiger partial charge in [0, 0.05) is 25.7 Å². The van der Waals surface area contributed by atoms with Crippen molar-refractivity contribution in [1.29, 1.82) is 0 Å². The normalized spacial score (nSPS) is 16.2. The summed E-state index contributed by atoms with van der Waals surface area (Å²) in [4.78, 5) is 2.52. The molecular formula is C17H26N2.